The molecular weight excluding hydrogens is 356 g/mol. The second-order valence-electron chi connectivity index (χ2n) is 8.23. The molecule has 1 aromatic carbocycles. The molecule has 4 rings (SSSR count). The predicted octanol–water partition coefficient (Wildman–Crippen LogP) is 2.25. The topological polar surface area (TPSA) is 60.0 Å². The van der Waals surface area contributed by atoms with E-state index in [0.717, 1.165) is 75.5 Å². The van der Waals surface area contributed by atoms with Crippen LogP contribution in [-0.4, -0.2) is 63.4 Å². The van der Waals surface area contributed by atoms with Crippen molar-refractivity contribution in [3.63, 3.8) is 0 Å². The van der Waals surface area contributed by atoms with E-state index in [1.54, 1.807) is 7.11 Å². The summed E-state index contributed by atoms with van der Waals surface area (Å²) in [5, 5.41) is 3.19. The molecule has 0 aromatic heterocycles. The first kappa shape index (κ1) is 19.5. The van der Waals surface area contributed by atoms with Crippen molar-refractivity contribution in [1.29, 1.82) is 0 Å². The molecule has 0 spiro atoms. The summed E-state index contributed by atoms with van der Waals surface area (Å²) in [6, 6.07) is 6.65. The van der Waals surface area contributed by atoms with E-state index in [1.807, 2.05) is 12.1 Å². The molecule has 3 aliphatic heterocycles. The Kier molecular flexibility index (Phi) is 6.37. The highest BCUT2D eigenvalue weighted by molar-refractivity contribution is 5.78. The van der Waals surface area contributed by atoms with Gasteiger partial charge in [-0.05, 0) is 56.8 Å². The van der Waals surface area contributed by atoms with Crippen molar-refractivity contribution in [2.45, 2.75) is 38.1 Å². The van der Waals surface area contributed by atoms with Crippen LogP contribution in [0.1, 0.15) is 31.2 Å². The number of methoxy groups -OCH3 is 1. The van der Waals surface area contributed by atoms with Crippen molar-refractivity contribution in [3.8, 4) is 11.5 Å². The maximum absolute atomic E-state index is 12.7. The van der Waals surface area contributed by atoms with Gasteiger partial charge < -0.3 is 24.4 Å². The third-order valence-corrected chi connectivity index (χ3v) is 6.42. The van der Waals surface area contributed by atoms with E-state index >= 15 is 0 Å². The molecule has 0 unspecified atom stereocenters. The van der Waals surface area contributed by atoms with Crippen LogP contribution >= 0.6 is 0 Å². The fourth-order valence-corrected chi connectivity index (χ4v) is 4.72. The van der Waals surface area contributed by atoms with Crippen LogP contribution in [0.5, 0.6) is 11.5 Å². The van der Waals surface area contributed by atoms with E-state index in [2.05, 4.69) is 16.3 Å². The number of amides is 1. The minimum Gasteiger partial charge on any atom is -0.493 e. The van der Waals surface area contributed by atoms with E-state index in [-0.39, 0.29) is 11.8 Å². The SMILES string of the molecule is COc1cccc2c1OC[C@@H](CNC(=O)C1CCN(C3CCOCC3)CC1)C2. The first-order valence-electron chi connectivity index (χ1n) is 10.6. The molecule has 0 saturated carbocycles. The van der Waals surface area contributed by atoms with E-state index in [9.17, 15) is 4.79 Å². The molecule has 0 aliphatic carbocycles. The first-order chi connectivity index (χ1) is 13.7. The number of hydrogen-bond acceptors (Lipinski definition) is 5. The fraction of sp³-hybridized carbons (Fsp3) is 0.682. The summed E-state index contributed by atoms with van der Waals surface area (Å²) in [4.78, 5) is 15.2. The lowest BCUT2D eigenvalue weighted by Gasteiger charge is -2.38. The number of ether oxygens (including phenoxy) is 3. The molecule has 6 heteroatoms. The molecule has 2 fully saturated rings. The molecule has 6 nitrogen and oxygen atoms in total. The van der Waals surface area contributed by atoms with Crippen molar-refractivity contribution in [3.05, 3.63) is 23.8 Å². The van der Waals surface area contributed by atoms with Crippen LogP contribution in [0.3, 0.4) is 0 Å². The second-order valence-corrected chi connectivity index (χ2v) is 8.23. The number of rotatable bonds is 5. The normalized spacial score (nSPS) is 24.2. The third kappa shape index (κ3) is 4.44. The Bertz CT molecular complexity index is 667. The van der Waals surface area contributed by atoms with Crippen LogP contribution in [0.25, 0.3) is 0 Å². The van der Waals surface area contributed by atoms with Gasteiger partial charge in [-0.1, -0.05) is 12.1 Å². The molecule has 28 heavy (non-hydrogen) atoms. The summed E-state index contributed by atoms with van der Waals surface area (Å²) < 4.78 is 16.8. The van der Waals surface area contributed by atoms with Crippen LogP contribution in [0.2, 0.25) is 0 Å². The van der Waals surface area contributed by atoms with E-state index in [4.69, 9.17) is 14.2 Å². The van der Waals surface area contributed by atoms with Gasteiger partial charge in [0.1, 0.15) is 0 Å². The van der Waals surface area contributed by atoms with Crippen molar-refractivity contribution < 1.29 is 19.0 Å². The molecular formula is C22H32N2O4. The Hall–Kier alpha value is -1.79. The van der Waals surface area contributed by atoms with Gasteiger partial charge in [-0.3, -0.25) is 4.79 Å². The molecule has 0 radical (unpaired) electrons. The highest BCUT2D eigenvalue weighted by Crippen LogP contribution is 2.35. The number of nitrogens with one attached hydrogen (secondary N) is 1. The number of likely N-dealkylation sites (tertiary alicyclic amines) is 1. The summed E-state index contributed by atoms with van der Waals surface area (Å²) >= 11 is 0. The van der Waals surface area contributed by atoms with Gasteiger partial charge in [0.2, 0.25) is 5.91 Å². The van der Waals surface area contributed by atoms with E-state index in [1.165, 1.54) is 0 Å². The Morgan fingerprint density at radius 2 is 2.00 bits per heavy atom. The fourth-order valence-electron chi connectivity index (χ4n) is 4.72. The Balaban J connectivity index is 1.22. The van der Waals surface area contributed by atoms with Gasteiger partial charge >= 0.3 is 0 Å². The van der Waals surface area contributed by atoms with Crippen molar-refractivity contribution in [2.24, 2.45) is 11.8 Å². The molecule has 154 valence electrons. The Morgan fingerprint density at radius 1 is 1.21 bits per heavy atom. The molecule has 0 bridgehead atoms. The molecule has 2 saturated heterocycles. The zero-order chi connectivity index (χ0) is 19.3. The average molecular weight is 389 g/mol. The van der Waals surface area contributed by atoms with E-state index in [0.29, 0.717) is 25.1 Å². The van der Waals surface area contributed by atoms with Crippen molar-refractivity contribution in [2.75, 3.05) is 46.6 Å². The van der Waals surface area contributed by atoms with Crippen LogP contribution < -0.4 is 14.8 Å². The lowest BCUT2D eigenvalue weighted by atomic mass is 9.92. The maximum Gasteiger partial charge on any atom is 0.223 e. The molecule has 3 heterocycles. The van der Waals surface area contributed by atoms with E-state index < -0.39 is 0 Å². The van der Waals surface area contributed by atoms with Gasteiger partial charge in [0.05, 0.1) is 13.7 Å². The van der Waals surface area contributed by atoms with Gasteiger partial charge in [-0.2, -0.15) is 0 Å². The highest BCUT2D eigenvalue weighted by Gasteiger charge is 2.30. The van der Waals surface area contributed by atoms with Crippen LogP contribution in [0.4, 0.5) is 0 Å². The lowest BCUT2D eigenvalue weighted by molar-refractivity contribution is -0.127. The highest BCUT2D eigenvalue weighted by atomic mass is 16.5. The van der Waals surface area contributed by atoms with Crippen LogP contribution in [0, 0.1) is 11.8 Å². The van der Waals surface area contributed by atoms with Crippen molar-refractivity contribution in [1.82, 2.24) is 10.2 Å². The Morgan fingerprint density at radius 3 is 2.75 bits per heavy atom. The standard InChI is InChI=1S/C22H32N2O4/c1-26-20-4-2-3-18-13-16(15-28-21(18)20)14-23-22(25)17-5-9-24(10-6-17)19-7-11-27-12-8-19/h2-4,16-17,19H,5-15H2,1H3,(H,23,25)/t16-/m1/s1. The second kappa shape index (κ2) is 9.14. The molecule has 1 N–H and O–H groups in total. The minimum absolute atomic E-state index is 0.146. The largest absolute Gasteiger partial charge is 0.493 e. The minimum atomic E-state index is 0.146. The summed E-state index contributed by atoms with van der Waals surface area (Å²) in [6.07, 6.45) is 5.10. The van der Waals surface area contributed by atoms with Gasteiger partial charge in [-0.15, -0.1) is 0 Å². The van der Waals surface area contributed by atoms with Crippen LogP contribution in [0.15, 0.2) is 18.2 Å². The van der Waals surface area contributed by atoms with Gasteiger partial charge in [0, 0.05) is 37.6 Å². The lowest BCUT2D eigenvalue weighted by Crippen LogP contribution is -2.47. The predicted molar refractivity (Wildman–Crippen MR) is 107 cm³/mol. The number of fused-ring (bicyclic) bond motifs is 1. The number of para-hydroxylation sites is 1. The zero-order valence-corrected chi connectivity index (χ0v) is 16.8. The van der Waals surface area contributed by atoms with Gasteiger partial charge in [0.25, 0.3) is 0 Å². The molecule has 1 atom stereocenters. The number of benzene rings is 1. The summed E-state index contributed by atoms with van der Waals surface area (Å²) in [5.41, 5.74) is 1.16. The Labute approximate surface area is 167 Å². The molecule has 1 amide bonds. The van der Waals surface area contributed by atoms with Gasteiger partial charge in [0.15, 0.2) is 11.5 Å². The first-order valence-corrected chi connectivity index (χ1v) is 10.6. The van der Waals surface area contributed by atoms with Crippen LogP contribution in [-0.2, 0) is 16.0 Å². The number of nitrogens with zero attached hydrogens (tertiary/aromatic N) is 1. The monoisotopic (exact) mass is 388 g/mol. The maximum atomic E-state index is 12.7. The summed E-state index contributed by atoms with van der Waals surface area (Å²) in [5.74, 6) is 2.31. The van der Waals surface area contributed by atoms with Crippen molar-refractivity contribution >= 4 is 5.91 Å². The molecule has 1 aromatic rings. The number of carbonyl (C=O) groups is 1. The summed E-state index contributed by atoms with van der Waals surface area (Å²) in [6.45, 7) is 5.11. The smallest absolute Gasteiger partial charge is 0.223 e. The number of hydrogen-bond donors (Lipinski definition) is 1. The summed E-state index contributed by atoms with van der Waals surface area (Å²) in [7, 11) is 1.67. The number of carbonyl (C=O) groups excluding carboxylic acids is 1. The van der Waals surface area contributed by atoms with Gasteiger partial charge in [-0.25, -0.2) is 0 Å². The molecule has 3 aliphatic rings. The average Bonchev–Trinajstić information content (AvgIpc) is 2.77. The number of piperidine rings is 1. The quantitative estimate of drug-likeness (QED) is 0.838. The third-order valence-electron chi connectivity index (χ3n) is 6.42. The zero-order valence-electron chi connectivity index (χ0n) is 16.8.